The monoisotopic (exact) mass is 442 g/mol. The molecule has 1 N–H and O–H groups in total. The van der Waals surface area contributed by atoms with E-state index in [4.69, 9.17) is 9.47 Å². The second kappa shape index (κ2) is 9.11. The molecule has 2 aliphatic rings. The maximum atomic E-state index is 13.0. The average molecular weight is 443 g/mol. The lowest BCUT2D eigenvalue weighted by Gasteiger charge is -2.25. The van der Waals surface area contributed by atoms with E-state index in [-0.39, 0.29) is 18.1 Å². The quantitative estimate of drug-likeness (QED) is 0.382. The van der Waals surface area contributed by atoms with Gasteiger partial charge in [0.05, 0.1) is 11.6 Å². The van der Waals surface area contributed by atoms with Crippen LogP contribution in [0.5, 0.6) is 11.5 Å². The molecule has 0 saturated carbocycles. The molecule has 8 heteroatoms. The van der Waals surface area contributed by atoms with Gasteiger partial charge in [0, 0.05) is 17.0 Å². The van der Waals surface area contributed by atoms with Crippen LogP contribution in [0.25, 0.3) is 5.76 Å². The Bertz CT molecular complexity index is 997. The van der Waals surface area contributed by atoms with E-state index in [1.807, 2.05) is 17.5 Å². The number of aliphatic hydroxyl groups is 1. The molecule has 31 heavy (non-hydrogen) atoms. The van der Waals surface area contributed by atoms with Gasteiger partial charge in [-0.1, -0.05) is 19.9 Å². The lowest BCUT2D eigenvalue weighted by molar-refractivity contribution is -0.139. The predicted octanol–water partition coefficient (Wildman–Crippen LogP) is 3.63. The first kappa shape index (κ1) is 21.4. The topological polar surface area (TPSA) is 79.3 Å². The van der Waals surface area contributed by atoms with Gasteiger partial charge in [-0.15, -0.1) is 11.3 Å². The van der Waals surface area contributed by atoms with Gasteiger partial charge < -0.3 is 24.4 Å². The van der Waals surface area contributed by atoms with E-state index in [0.717, 1.165) is 30.9 Å². The zero-order valence-corrected chi connectivity index (χ0v) is 18.5. The summed E-state index contributed by atoms with van der Waals surface area (Å²) in [5, 5.41) is 13.0. The second-order valence-corrected chi connectivity index (χ2v) is 8.44. The lowest BCUT2D eigenvalue weighted by atomic mass is 9.99. The number of ether oxygens (including phenoxy) is 2. The highest BCUT2D eigenvalue weighted by Gasteiger charge is 2.46. The number of nitrogens with zero attached hydrogens (tertiary/aromatic N) is 2. The summed E-state index contributed by atoms with van der Waals surface area (Å²) in [5.74, 6) is -0.327. The number of amides is 1. The maximum absolute atomic E-state index is 13.0. The third kappa shape index (κ3) is 4.05. The molecule has 1 unspecified atom stereocenters. The van der Waals surface area contributed by atoms with Crippen LogP contribution in [0.15, 0.2) is 41.3 Å². The fraction of sp³-hybridized carbons (Fsp3) is 0.391. The normalized spacial score (nSPS) is 19.6. The molecular formula is C23H26N2O5S. The lowest BCUT2D eigenvalue weighted by Crippen LogP contribution is -2.33. The molecule has 1 aromatic carbocycles. The molecule has 4 rings (SSSR count). The summed E-state index contributed by atoms with van der Waals surface area (Å²) in [4.78, 5) is 30.7. The van der Waals surface area contributed by atoms with E-state index in [1.54, 1.807) is 23.1 Å². The summed E-state index contributed by atoms with van der Waals surface area (Å²) in [6.07, 6.45) is 0.751. The number of hydrogen-bond acceptors (Lipinski definition) is 7. The number of rotatable bonds is 8. The first-order valence-electron chi connectivity index (χ1n) is 10.5. The number of ketones is 1. The number of thiophene rings is 1. The second-order valence-electron chi connectivity index (χ2n) is 7.46. The van der Waals surface area contributed by atoms with Gasteiger partial charge in [-0.2, -0.15) is 0 Å². The smallest absolute Gasteiger partial charge is 0.295 e. The number of aliphatic hydroxyl groups excluding tert-OH is 1. The third-order valence-corrected chi connectivity index (χ3v) is 6.69. The molecule has 3 heterocycles. The van der Waals surface area contributed by atoms with Gasteiger partial charge in [0.15, 0.2) is 11.5 Å². The first-order valence-corrected chi connectivity index (χ1v) is 11.4. The molecular weight excluding hydrogens is 416 g/mol. The molecule has 0 radical (unpaired) electrons. The van der Waals surface area contributed by atoms with Crippen LogP contribution in [0, 0.1) is 0 Å². The molecule has 164 valence electrons. The van der Waals surface area contributed by atoms with Crippen molar-refractivity contribution in [3.8, 4) is 11.5 Å². The van der Waals surface area contributed by atoms with E-state index in [0.29, 0.717) is 23.6 Å². The zero-order valence-electron chi connectivity index (χ0n) is 17.7. The van der Waals surface area contributed by atoms with Crippen LogP contribution >= 0.6 is 11.3 Å². The number of hydrogen-bond donors (Lipinski definition) is 1. The van der Waals surface area contributed by atoms with Crippen LogP contribution < -0.4 is 9.47 Å². The van der Waals surface area contributed by atoms with Gasteiger partial charge in [0.1, 0.15) is 5.76 Å². The maximum Gasteiger partial charge on any atom is 0.295 e. The fourth-order valence-corrected chi connectivity index (χ4v) is 4.90. The van der Waals surface area contributed by atoms with Crippen molar-refractivity contribution in [3.63, 3.8) is 0 Å². The summed E-state index contributed by atoms with van der Waals surface area (Å²) in [7, 11) is 0. The van der Waals surface area contributed by atoms with Gasteiger partial charge in [-0.05, 0) is 55.7 Å². The number of fused-ring (bicyclic) bond motifs is 1. The average Bonchev–Trinajstić information content (AvgIpc) is 3.52. The summed E-state index contributed by atoms with van der Waals surface area (Å²) in [5.41, 5.74) is 0.543. The van der Waals surface area contributed by atoms with E-state index in [9.17, 15) is 14.7 Å². The Morgan fingerprint density at radius 1 is 1.19 bits per heavy atom. The molecule has 1 atom stereocenters. The van der Waals surface area contributed by atoms with Crippen molar-refractivity contribution in [3.05, 3.63) is 51.7 Å². The SMILES string of the molecule is CCN(CC)CCCN1C(=O)C(=O)/C(=C(/O)c2ccc3c(c2)OCO3)C1c1cccs1. The Morgan fingerprint density at radius 3 is 2.68 bits per heavy atom. The Kier molecular flexibility index (Phi) is 6.29. The molecule has 0 aliphatic carbocycles. The Hall–Kier alpha value is -2.84. The van der Waals surface area contributed by atoms with E-state index >= 15 is 0 Å². The summed E-state index contributed by atoms with van der Waals surface area (Å²) in [6.45, 7) is 7.49. The minimum atomic E-state index is -0.656. The minimum absolute atomic E-state index is 0.117. The van der Waals surface area contributed by atoms with Gasteiger partial charge >= 0.3 is 0 Å². The van der Waals surface area contributed by atoms with Crippen LogP contribution in [0.2, 0.25) is 0 Å². The summed E-state index contributed by atoms with van der Waals surface area (Å²) >= 11 is 1.47. The standard InChI is InChI=1S/C23H26N2O5S/c1-3-24(4-2)10-6-11-25-20(18-7-5-12-31-18)19(22(27)23(25)28)21(26)15-8-9-16-17(13-15)30-14-29-16/h5,7-9,12-13,20,26H,3-4,6,10-11,14H2,1-2H3/b21-19+. The summed E-state index contributed by atoms with van der Waals surface area (Å²) in [6, 6.07) is 8.18. The summed E-state index contributed by atoms with van der Waals surface area (Å²) < 4.78 is 10.7. The Morgan fingerprint density at radius 2 is 1.97 bits per heavy atom. The third-order valence-electron chi connectivity index (χ3n) is 5.77. The van der Waals surface area contributed by atoms with E-state index in [1.165, 1.54) is 11.3 Å². The number of carbonyl (C=O) groups excluding carboxylic acids is 2. The van der Waals surface area contributed by atoms with Gasteiger partial charge in [-0.3, -0.25) is 9.59 Å². The molecule has 0 bridgehead atoms. The Balaban J connectivity index is 1.68. The van der Waals surface area contributed by atoms with Gasteiger partial charge in [0.25, 0.3) is 11.7 Å². The number of carbonyl (C=O) groups is 2. The van der Waals surface area contributed by atoms with Crippen molar-refractivity contribution in [2.75, 3.05) is 33.0 Å². The fourth-order valence-electron chi connectivity index (χ4n) is 4.06. The van der Waals surface area contributed by atoms with Gasteiger partial charge in [0.2, 0.25) is 6.79 Å². The molecule has 1 saturated heterocycles. The highest BCUT2D eigenvalue weighted by Crippen LogP contribution is 2.42. The molecule has 2 aromatic rings. The van der Waals surface area contributed by atoms with Crippen molar-refractivity contribution in [1.82, 2.24) is 9.80 Å². The molecule has 1 amide bonds. The number of Topliss-reactive ketones (excluding diaryl/α,β-unsaturated/α-hetero) is 1. The number of likely N-dealkylation sites (tertiary alicyclic amines) is 1. The van der Waals surface area contributed by atoms with Crippen LogP contribution in [0.4, 0.5) is 0 Å². The molecule has 7 nitrogen and oxygen atoms in total. The van der Waals surface area contributed by atoms with E-state index < -0.39 is 17.7 Å². The molecule has 2 aliphatic heterocycles. The molecule has 1 aromatic heterocycles. The first-order chi connectivity index (χ1) is 15.0. The van der Waals surface area contributed by atoms with Crippen LogP contribution in [0.1, 0.15) is 36.8 Å². The molecule has 1 fully saturated rings. The van der Waals surface area contributed by atoms with Gasteiger partial charge in [-0.25, -0.2) is 0 Å². The van der Waals surface area contributed by atoms with Crippen molar-refractivity contribution in [2.24, 2.45) is 0 Å². The van der Waals surface area contributed by atoms with Crippen LogP contribution in [-0.4, -0.2) is 59.6 Å². The van der Waals surface area contributed by atoms with Crippen molar-refractivity contribution in [2.45, 2.75) is 26.3 Å². The van der Waals surface area contributed by atoms with Crippen LogP contribution in [-0.2, 0) is 9.59 Å². The Labute approximate surface area is 185 Å². The van der Waals surface area contributed by atoms with E-state index in [2.05, 4.69) is 18.7 Å². The minimum Gasteiger partial charge on any atom is -0.507 e. The van der Waals surface area contributed by atoms with Crippen molar-refractivity contribution in [1.29, 1.82) is 0 Å². The van der Waals surface area contributed by atoms with Crippen molar-refractivity contribution >= 4 is 28.8 Å². The predicted molar refractivity (Wildman–Crippen MR) is 118 cm³/mol. The van der Waals surface area contributed by atoms with Crippen LogP contribution in [0.3, 0.4) is 0 Å². The highest BCUT2D eigenvalue weighted by atomic mass is 32.1. The largest absolute Gasteiger partial charge is 0.507 e. The highest BCUT2D eigenvalue weighted by molar-refractivity contribution is 7.10. The molecule has 0 spiro atoms. The number of benzene rings is 1. The zero-order chi connectivity index (χ0) is 22.0. The van der Waals surface area contributed by atoms with Crippen molar-refractivity contribution < 1.29 is 24.2 Å².